The Morgan fingerprint density at radius 2 is 1.95 bits per heavy atom. The minimum Gasteiger partial charge on any atom is -0.421 e. The normalized spacial score (nSPS) is 10.9. The number of carbonyl (C=O) groups excluding carboxylic acids is 1. The number of benzene rings is 1. The molecule has 2 aromatic rings. The van der Waals surface area contributed by atoms with E-state index in [2.05, 4.69) is 29.4 Å². The Labute approximate surface area is 124 Å². The molecule has 0 aliphatic carbocycles. The second-order valence-corrected chi connectivity index (χ2v) is 5.56. The van der Waals surface area contributed by atoms with Gasteiger partial charge in [0.1, 0.15) is 0 Å². The zero-order chi connectivity index (χ0) is 15.2. The van der Waals surface area contributed by atoms with Crippen molar-refractivity contribution in [3.63, 3.8) is 0 Å². The SMILES string of the molecule is Cc1ccc(-c2nnc(CCC(=O)NCC(C)C)o2)cc1. The van der Waals surface area contributed by atoms with Crippen LogP contribution >= 0.6 is 0 Å². The van der Waals surface area contributed by atoms with Crippen LogP contribution in [0.2, 0.25) is 0 Å². The van der Waals surface area contributed by atoms with Gasteiger partial charge in [0.25, 0.3) is 0 Å². The molecule has 0 bridgehead atoms. The molecule has 1 amide bonds. The maximum atomic E-state index is 11.6. The van der Waals surface area contributed by atoms with Crippen LogP contribution in [0, 0.1) is 12.8 Å². The minimum atomic E-state index is 0.0128. The van der Waals surface area contributed by atoms with E-state index < -0.39 is 0 Å². The Morgan fingerprint density at radius 1 is 1.24 bits per heavy atom. The highest BCUT2D eigenvalue weighted by atomic mass is 16.4. The highest BCUT2D eigenvalue weighted by Crippen LogP contribution is 2.18. The van der Waals surface area contributed by atoms with Crippen molar-refractivity contribution in [2.75, 3.05) is 6.54 Å². The second-order valence-electron chi connectivity index (χ2n) is 5.56. The Bertz CT molecular complexity index is 588. The summed E-state index contributed by atoms with van der Waals surface area (Å²) in [6, 6.07) is 7.89. The van der Waals surface area contributed by atoms with Crippen molar-refractivity contribution in [3.8, 4) is 11.5 Å². The Hall–Kier alpha value is -2.17. The van der Waals surface area contributed by atoms with Crippen molar-refractivity contribution in [3.05, 3.63) is 35.7 Å². The number of aromatic nitrogens is 2. The number of hydrogen-bond acceptors (Lipinski definition) is 4. The second kappa shape index (κ2) is 7.02. The van der Waals surface area contributed by atoms with E-state index in [1.54, 1.807) is 0 Å². The Balaban J connectivity index is 1.88. The highest BCUT2D eigenvalue weighted by molar-refractivity contribution is 5.76. The van der Waals surface area contributed by atoms with E-state index >= 15 is 0 Å². The lowest BCUT2D eigenvalue weighted by Gasteiger charge is -2.06. The molecule has 1 heterocycles. The summed E-state index contributed by atoms with van der Waals surface area (Å²) in [6.07, 6.45) is 0.824. The van der Waals surface area contributed by atoms with Gasteiger partial charge in [-0.25, -0.2) is 0 Å². The third-order valence-electron chi connectivity index (χ3n) is 3.04. The van der Waals surface area contributed by atoms with Crippen LogP contribution in [0.15, 0.2) is 28.7 Å². The zero-order valence-corrected chi connectivity index (χ0v) is 12.7. The predicted octanol–water partition coefficient (Wildman–Crippen LogP) is 2.75. The maximum Gasteiger partial charge on any atom is 0.247 e. The first kappa shape index (κ1) is 15.2. The molecule has 1 aromatic carbocycles. The summed E-state index contributed by atoms with van der Waals surface area (Å²) in [5, 5.41) is 10.9. The largest absolute Gasteiger partial charge is 0.421 e. The van der Waals surface area contributed by atoms with Crippen LogP contribution in [-0.2, 0) is 11.2 Å². The van der Waals surface area contributed by atoms with E-state index in [1.807, 2.05) is 31.2 Å². The van der Waals surface area contributed by atoms with Crippen LogP contribution in [0.1, 0.15) is 31.7 Å². The first-order chi connectivity index (χ1) is 10.0. The molecule has 0 aliphatic heterocycles. The van der Waals surface area contributed by atoms with Crippen molar-refractivity contribution in [1.29, 1.82) is 0 Å². The standard InChI is InChI=1S/C16H21N3O2/c1-11(2)10-17-14(20)8-9-15-18-19-16(21-15)13-6-4-12(3)5-7-13/h4-7,11H,8-10H2,1-3H3,(H,17,20). The fraction of sp³-hybridized carbons (Fsp3) is 0.438. The lowest BCUT2D eigenvalue weighted by atomic mass is 10.1. The number of nitrogens with one attached hydrogen (secondary N) is 1. The molecule has 0 atom stereocenters. The molecule has 1 N–H and O–H groups in total. The maximum absolute atomic E-state index is 11.6. The van der Waals surface area contributed by atoms with Gasteiger partial charge in [-0.15, -0.1) is 10.2 Å². The van der Waals surface area contributed by atoms with E-state index in [4.69, 9.17) is 4.42 Å². The minimum absolute atomic E-state index is 0.0128. The Morgan fingerprint density at radius 3 is 2.62 bits per heavy atom. The van der Waals surface area contributed by atoms with Gasteiger partial charge in [-0.1, -0.05) is 31.5 Å². The molecule has 0 spiro atoms. The number of carbonyl (C=O) groups is 1. The average molecular weight is 287 g/mol. The van der Waals surface area contributed by atoms with Gasteiger partial charge >= 0.3 is 0 Å². The van der Waals surface area contributed by atoms with E-state index in [1.165, 1.54) is 5.56 Å². The molecule has 5 heteroatoms. The number of rotatable bonds is 6. The summed E-state index contributed by atoms with van der Waals surface area (Å²) in [6.45, 7) is 6.84. The summed E-state index contributed by atoms with van der Waals surface area (Å²) >= 11 is 0. The number of amides is 1. The van der Waals surface area contributed by atoms with Gasteiger partial charge in [-0.3, -0.25) is 4.79 Å². The summed E-state index contributed by atoms with van der Waals surface area (Å²) in [5.41, 5.74) is 2.07. The van der Waals surface area contributed by atoms with Crippen molar-refractivity contribution in [2.45, 2.75) is 33.6 Å². The molecule has 0 unspecified atom stereocenters. The highest BCUT2D eigenvalue weighted by Gasteiger charge is 2.10. The summed E-state index contributed by atoms with van der Waals surface area (Å²) in [5.74, 6) is 1.45. The van der Waals surface area contributed by atoms with Crippen LogP contribution in [0.5, 0.6) is 0 Å². The van der Waals surface area contributed by atoms with Gasteiger partial charge in [0.15, 0.2) is 0 Å². The van der Waals surface area contributed by atoms with Gasteiger partial charge in [0, 0.05) is 24.9 Å². The monoisotopic (exact) mass is 287 g/mol. The van der Waals surface area contributed by atoms with Gasteiger partial charge in [0.2, 0.25) is 17.7 Å². The first-order valence-electron chi connectivity index (χ1n) is 7.20. The smallest absolute Gasteiger partial charge is 0.247 e. The van der Waals surface area contributed by atoms with Crippen molar-refractivity contribution in [1.82, 2.24) is 15.5 Å². The van der Waals surface area contributed by atoms with Crippen molar-refractivity contribution >= 4 is 5.91 Å². The summed E-state index contributed by atoms with van der Waals surface area (Å²) < 4.78 is 5.58. The topological polar surface area (TPSA) is 68.0 Å². The lowest BCUT2D eigenvalue weighted by Crippen LogP contribution is -2.27. The van der Waals surface area contributed by atoms with Crippen LogP contribution < -0.4 is 5.32 Å². The predicted molar refractivity (Wildman–Crippen MR) is 80.6 cm³/mol. The molecular formula is C16H21N3O2. The van der Waals surface area contributed by atoms with Crippen LogP contribution in [0.4, 0.5) is 0 Å². The van der Waals surface area contributed by atoms with Gasteiger partial charge in [0.05, 0.1) is 0 Å². The molecule has 21 heavy (non-hydrogen) atoms. The molecule has 2 rings (SSSR count). The van der Waals surface area contributed by atoms with Crippen LogP contribution in [-0.4, -0.2) is 22.6 Å². The van der Waals surface area contributed by atoms with Gasteiger partial charge in [-0.2, -0.15) is 0 Å². The van der Waals surface area contributed by atoms with Crippen LogP contribution in [0.25, 0.3) is 11.5 Å². The zero-order valence-electron chi connectivity index (χ0n) is 12.7. The summed E-state index contributed by atoms with van der Waals surface area (Å²) in [4.78, 5) is 11.6. The van der Waals surface area contributed by atoms with Crippen molar-refractivity contribution in [2.24, 2.45) is 5.92 Å². The van der Waals surface area contributed by atoms with E-state index in [9.17, 15) is 4.79 Å². The summed E-state index contributed by atoms with van der Waals surface area (Å²) in [7, 11) is 0. The molecule has 0 saturated carbocycles. The number of nitrogens with zero attached hydrogens (tertiary/aromatic N) is 2. The number of hydrogen-bond donors (Lipinski definition) is 1. The number of aryl methyl sites for hydroxylation is 2. The fourth-order valence-corrected chi connectivity index (χ4v) is 1.79. The molecule has 112 valence electrons. The fourth-order valence-electron chi connectivity index (χ4n) is 1.79. The van der Waals surface area contributed by atoms with Gasteiger partial charge in [-0.05, 0) is 25.0 Å². The molecule has 1 aromatic heterocycles. The molecule has 0 aliphatic rings. The third kappa shape index (κ3) is 4.70. The average Bonchev–Trinajstić information content (AvgIpc) is 2.92. The molecule has 0 radical (unpaired) electrons. The van der Waals surface area contributed by atoms with Crippen LogP contribution in [0.3, 0.4) is 0 Å². The first-order valence-corrected chi connectivity index (χ1v) is 7.20. The lowest BCUT2D eigenvalue weighted by molar-refractivity contribution is -0.121. The van der Waals surface area contributed by atoms with E-state index in [-0.39, 0.29) is 5.91 Å². The van der Waals surface area contributed by atoms with E-state index in [0.717, 1.165) is 5.56 Å². The molecule has 0 fully saturated rings. The molecule has 0 saturated heterocycles. The quantitative estimate of drug-likeness (QED) is 0.887. The third-order valence-corrected chi connectivity index (χ3v) is 3.04. The molecular weight excluding hydrogens is 266 g/mol. The van der Waals surface area contributed by atoms with E-state index in [0.29, 0.717) is 37.1 Å². The Kier molecular flexibility index (Phi) is 5.09. The van der Waals surface area contributed by atoms with Gasteiger partial charge < -0.3 is 9.73 Å². The van der Waals surface area contributed by atoms with Crippen molar-refractivity contribution < 1.29 is 9.21 Å². The molecule has 5 nitrogen and oxygen atoms in total.